The van der Waals surface area contributed by atoms with Gasteiger partial charge < -0.3 is 5.32 Å². The lowest BCUT2D eigenvalue weighted by molar-refractivity contribution is 0.0269. The molecule has 0 aromatic carbocycles. The van der Waals surface area contributed by atoms with Gasteiger partial charge in [-0.15, -0.1) is 0 Å². The summed E-state index contributed by atoms with van der Waals surface area (Å²) in [5, 5.41) is 3.74. The molecule has 0 amide bonds. The summed E-state index contributed by atoms with van der Waals surface area (Å²) >= 11 is 0. The van der Waals surface area contributed by atoms with Crippen molar-refractivity contribution in [2.75, 3.05) is 19.6 Å². The van der Waals surface area contributed by atoms with Crippen LogP contribution in [0.2, 0.25) is 0 Å². The lowest BCUT2D eigenvalue weighted by Gasteiger charge is -2.49. The van der Waals surface area contributed by atoms with Crippen LogP contribution in [-0.2, 0) is 0 Å². The third-order valence-corrected chi connectivity index (χ3v) is 4.95. The molecule has 1 saturated carbocycles. The maximum Gasteiger partial charge on any atom is 0.0220 e. The standard InChI is InChI=1S/C14H28N2/c1-4-12(2)13-11-16(10-6-9-15-13)14(3)7-5-8-14/h12-13,15H,4-11H2,1-3H3. The van der Waals surface area contributed by atoms with Crippen LogP contribution in [0.15, 0.2) is 0 Å². The van der Waals surface area contributed by atoms with Crippen molar-refractivity contribution >= 4 is 0 Å². The molecular formula is C14H28N2. The largest absolute Gasteiger partial charge is 0.312 e. The second-order valence-corrected chi connectivity index (χ2v) is 6.10. The maximum absolute atomic E-state index is 3.74. The Hall–Kier alpha value is -0.0800. The fourth-order valence-electron chi connectivity index (χ4n) is 3.11. The van der Waals surface area contributed by atoms with Gasteiger partial charge in [-0.3, -0.25) is 4.90 Å². The first-order valence-corrected chi connectivity index (χ1v) is 7.14. The molecule has 2 unspecified atom stereocenters. The average molecular weight is 224 g/mol. The van der Waals surface area contributed by atoms with E-state index in [1.807, 2.05) is 0 Å². The minimum Gasteiger partial charge on any atom is -0.312 e. The molecule has 2 aliphatic rings. The minimum atomic E-state index is 0.539. The van der Waals surface area contributed by atoms with Crippen molar-refractivity contribution in [2.24, 2.45) is 5.92 Å². The van der Waals surface area contributed by atoms with Gasteiger partial charge in [-0.25, -0.2) is 0 Å². The number of nitrogens with one attached hydrogen (secondary N) is 1. The van der Waals surface area contributed by atoms with Crippen molar-refractivity contribution in [3.63, 3.8) is 0 Å². The summed E-state index contributed by atoms with van der Waals surface area (Å²) in [4.78, 5) is 2.77. The first-order valence-electron chi connectivity index (χ1n) is 7.14. The van der Waals surface area contributed by atoms with Gasteiger partial charge in [0.05, 0.1) is 0 Å². The molecule has 2 nitrogen and oxygen atoms in total. The van der Waals surface area contributed by atoms with Crippen molar-refractivity contribution in [3.8, 4) is 0 Å². The van der Waals surface area contributed by atoms with E-state index in [0.29, 0.717) is 11.6 Å². The summed E-state index contributed by atoms with van der Waals surface area (Å²) in [6, 6.07) is 0.713. The topological polar surface area (TPSA) is 15.3 Å². The van der Waals surface area contributed by atoms with Crippen LogP contribution in [0.1, 0.15) is 52.9 Å². The highest BCUT2D eigenvalue weighted by molar-refractivity contribution is 4.96. The van der Waals surface area contributed by atoms with Gasteiger partial charge >= 0.3 is 0 Å². The van der Waals surface area contributed by atoms with Crippen molar-refractivity contribution in [1.29, 1.82) is 0 Å². The van der Waals surface area contributed by atoms with Crippen LogP contribution >= 0.6 is 0 Å². The van der Waals surface area contributed by atoms with Crippen LogP contribution < -0.4 is 5.32 Å². The first kappa shape index (κ1) is 12.4. The summed E-state index contributed by atoms with van der Waals surface area (Å²) in [5.74, 6) is 0.810. The lowest BCUT2D eigenvalue weighted by atomic mass is 9.76. The molecule has 2 rings (SSSR count). The van der Waals surface area contributed by atoms with E-state index in [9.17, 15) is 0 Å². The number of hydrogen-bond acceptors (Lipinski definition) is 2. The molecule has 1 aliphatic heterocycles. The van der Waals surface area contributed by atoms with Gasteiger partial charge in [-0.05, 0) is 51.6 Å². The quantitative estimate of drug-likeness (QED) is 0.793. The van der Waals surface area contributed by atoms with E-state index in [0.717, 1.165) is 5.92 Å². The average Bonchev–Trinajstić information content (AvgIpc) is 2.50. The number of rotatable bonds is 3. The fourth-order valence-corrected chi connectivity index (χ4v) is 3.11. The van der Waals surface area contributed by atoms with E-state index in [1.54, 1.807) is 0 Å². The van der Waals surface area contributed by atoms with Gasteiger partial charge in [0.1, 0.15) is 0 Å². The van der Waals surface area contributed by atoms with Gasteiger partial charge in [0.15, 0.2) is 0 Å². The highest BCUT2D eigenvalue weighted by atomic mass is 15.2. The van der Waals surface area contributed by atoms with Crippen LogP contribution in [0.3, 0.4) is 0 Å². The molecular weight excluding hydrogens is 196 g/mol. The Labute approximate surface area is 101 Å². The van der Waals surface area contributed by atoms with E-state index in [4.69, 9.17) is 0 Å². The molecule has 1 aliphatic carbocycles. The molecule has 94 valence electrons. The van der Waals surface area contributed by atoms with Gasteiger partial charge in [-0.2, -0.15) is 0 Å². The van der Waals surface area contributed by atoms with Crippen LogP contribution in [-0.4, -0.2) is 36.1 Å². The van der Waals surface area contributed by atoms with Crippen molar-refractivity contribution in [1.82, 2.24) is 10.2 Å². The second kappa shape index (κ2) is 5.05. The van der Waals surface area contributed by atoms with Crippen LogP contribution in [0.4, 0.5) is 0 Å². The summed E-state index contributed by atoms with van der Waals surface area (Å²) in [6.45, 7) is 11.0. The molecule has 1 heterocycles. The Morgan fingerprint density at radius 1 is 1.38 bits per heavy atom. The number of hydrogen-bond donors (Lipinski definition) is 1. The molecule has 1 saturated heterocycles. The predicted octanol–water partition coefficient (Wildman–Crippen LogP) is 2.64. The Morgan fingerprint density at radius 2 is 2.12 bits per heavy atom. The summed E-state index contributed by atoms with van der Waals surface area (Å²) in [5.41, 5.74) is 0.539. The molecule has 0 aromatic heterocycles. The maximum atomic E-state index is 3.74. The van der Waals surface area contributed by atoms with E-state index in [1.165, 1.54) is 51.7 Å². The highest BCUT2D eigenvalue weighted by Crippen LogP contribution is 2.38. The van der Waals surface area contributed by atoms with E-state index in [2.05, 4.69) is 31.0 Å². The lowest BCUT2D eigenvalue weighted by Crippen LogP contribution is -2.55. The van der Waals surface area contributed by atoms with E-state index >= 15 is 0 Å². The summed E-state index contributed by atoms with van der Waals surface area (Å²) in [7, 11) is 0. The van der Waals surface area contributed by atoms with Gasteiger partial charge in [0.2, 0.25) is 0 Å². The zero-order chi connectivity index (χ0) is 11.6. The predicted molar refractivity (Wildman–Crippen MR) is 69.7 cm³/mol. The third-order valence-electron chi connectivity index (χ3n) is 4.95. The molecule has 0 radical (unpaired) electrons. The second-order valence-electron chi connectivity index (χ2n) is 6.10. The molecule has 0 aromatic rings. The van der Waals surface area contributed by atoms with Crippen molar-refractivity contribution in [2.45, 2.75) is 64.5 Å². The third kappa shape index (κ3) is 2.43. The van der Waals surface area contributed by atoms with Gasteiger partial charge in [0, 0.05) is 18.1 Å². The Balaban J connectivity index is 1.97. The molecule has 16 heavy (non-hydrogen) atoms. The van der Waals surface area contributed by atoms with Crippen LogP contribution in [0.5, 0.6) is 0 Å². The van der Waals surface area contributed by atoms with Crippen molar-refractivity contribution < 1.29 is 0 Å². The monoisotopic (exact) mass is 224 g/mol. The molecule has 2 atom stereocenters. The Morgan fingerprint density at radius 3 is 2.69 bits per heavy atom. The van der Waals surface area contributed by atoms with Crippen LogP contribution in [0.25, 0.3) is 0 Å². The zero-order valence-electron chi connectivity index (χ0n) is 11.3. The SMILES string of the molecule is CCC(C)C1CN(C2(C)CCC2)CCCN1. The number of nitrogens with zero attached hydrogens (tertiary/aromatic N) is 1. The highest BCUT2D eigenvalue weighted by Gasteiger charge is 2.39. The smallest absolute Gasteiger partial charge is 0.0220 e. The molecule has 0 spiro atoms. The van der Waals surface area contributed by atoms with Crippen molar-refractivity contribution in [3.05, 3.63) is 0 Å². The summed E-state index contributed by atoms with van der Waals surface area (Å²) < 4.78 is 0. The zero-order valence-corrected chi connectivity index (χ0v) is 11.3. The molecule has 2 fully saturated rings. The van der Waals surface area contributed by atoms with Crippen LogP contribution in [0, 0.1) is 5.92 Å². The first-order chi connectivity index (χ1) is 7.65. The van der Waals surface area contributed by atoms with Gasteiger partial charge in [0.25, 0.3) is 0 Å². The molecule has 0 bridgehead atoms. The van der Waals surface area contributed by atoms with Gasteiger partial charge in [-0.1, -0.05) is 20.3 Å². The summed E-state index contributed by atoms with van der Waals surface area (Å²) in [6.07, 6.45) is 6.89. The normalized spacial score (nSPS) is 32.8. The Bertz CT molecular complexity index is 223. The molecule has 1 N–H and O–H groups in total. The van der Waals surface area contributed by atoms with E-state index < -0.39 is 0 Å². The molecule has 2 heteroatoms. The fraction of sp³-hybridized carbons (Fsp3) is 1.00. The van der Waals surface area contributed by atoms with E-state index in [-0.39, 0.29) is 0 Å². The minimum absolute atomic E-state index is 0.539. The Kier molecular flexibility index (Phi) is 3.91.